The molecule has 11 nitrogen and oxygen atoms in total. The summed E-state index contributed by atoms with van der Waals surface area (Å²) in [5.74, 6) is -1.54. The zero-order valence-electron chi connectivity index (χ0n) is 48.8. The van der Waals surface area contributed by atoms with Crippen molar-refractivity contribution in [1.29, 1.82) is 0 Å². The van der Waals surface area contributed by atoms with Gasteiger partial charge in [-0.1, -0.05) is 212 Å². The van der Waals surface area contributed by atoms with E-state index in [1.165, 1.54) is 0 Å². The molecule has 0 rings (SSSR count). The zero-order valence-corrected chi connectivity index (χ0v) is 49.7. The van der Waals surface area contributed by atoms with Crippen LogP contribution in [-0.2, 0) is 42.2 Å². The smallest absolute Gasteiger partial charge is 0.462 e. The molecular weight excluding hydrogens is 1000 g/mol. The Morgan fingerprint density at radius 2 is 0.628 bits per heavy atom. The van der Waals surface area contributed by atoms with Gasteiger partial charge >= 0.3 is 25.7 Å². The predicted molar refractivity (Wildman–Crippen MR) is 325 cm³/mol. The number of esters is 3. The van der Waals surface area contributed by atoms with Crippen molar-refractivity contribution < 1.29 is 52.2 Å². The first kappa shape index (κ1) is 73.6. The summed E-state index contributed by atoms with van der Waals surface area (Å²) in [6.07, 6.45) is 74.0. The van der Waals surface area contributed by atoms with Gasteiger partial charge in [0.15, 0.2) is 6.10 Å². The molecule has 0 fully saturated rings. The molecule has 0 aliphatic carbocycles. The predicted octanol–water partition coefficient (Wildman–Crippen LogP) is 18.1. The molecule has 0 aliphatic rings. The summed E-state index contributed by atoms with van der Waals surface area (Å²) in [7, 11) is -4.78. The van der Waals surface area contributed by atoms with Crippen LogP contribution >= 0.6 is 7.82 Å². The standard InChI is InChI=1S/C66H107O11P/c1-4-7-10-13-16-19-22-25-28-30-31-33-36-39-42-45-48-51-54-57-66(70)77-63(59-73-64(68)55-52-49-46-43-40-37-34-27-24-21-18-15-12-9-6-3)61-75-78(71,72)74-60-62(58-67)76-65(69)56-53-50-47-44-41-38-35-32-29-26-23-20-17-14-11-8-5-2/h7-12,16-21,25-29,31,33-35,38,62-63,67H,4-6,13-15,22-24,30,32,36-37,39-61H2,1-3H3,(H,71,72)/b10-7-,11-8-,12-9-,19-16-,20-17-,21-18-,28-25-,29-26-,33-31-,34-27-,38-35-. The number of carbonyl (C=O) groups excluding carboxylic acids is 3. The van der Waals surface area contributed by atoms with E-state index in [1.54, 1.807) is 0 Å². The summed E-state index contributed by atoms with van der Waals surface area (Å²) in [5, 5.41) is 9.84. The highest BCUT2D eigenvalue weighted by atomic mass is 31.2. The van der Waals surface area contributed by atoms with Crippen LogP contribution in [0.4, 0.5) is 0 Å². The summed E-state index contributed by atoms with van der Waals surface area (Å²) in [4.78, 5) is 48.7. The molecule has 0 aliphatic heterocycles. The molecule has 0 saturated carbocycles. The lowest BCUT2D eigenvalue weighted by molar-refractivity contribution is -0.161. The van der Waals surface area contributed by atoms with Crippen LogP contribution in [0.15, 0.2) is 134 Å². The van der Waals surface area contributed by atoms with E-state index in [0.29, 0.717) is 19.3 Å². The summed E-state index contributed by atoms with van der Waals surface area (Å²) in [6.45, 7) is 4.23. The molecular formula is C66H107O11P. The Kier molecular flexibility index (Phi) is 55.5. The van der Waals surface area contributed by atoms with Crippen molar-refractivity contribution in [3.05, 3.63) is 134 Å². The molecule has 0 spiro atoms. The number of aliphatic hydroxyl groups is 1. The highest BCUT2D eigenvalue weighted by molar-refractivity contribution is 7.47. The minimum Gasteiger partial charge on any atom is -0.462 e. The van der Waals surface area contributed by atoms with Crippen LogP contribution in [0.2, 0.25) is 0 Å². The molecule has 442 valence electrons. The van der Waals surface area contributed by atoms with Crippen LogP contribution in [0.1, 0.15) is 226 Å². The summed E-state index contributed by atoms with van der Waals surface area (Å²) in [6, 6.07) is 0. The normalized spacial score (nSPS) is 14.3. The van der Waals surface area contributed by atoms with Crippen LogP contribution < -0.4 is 0 Å². The number of aliphatic hydroxyl groups excluding tert-OH is 1. The van der Waals surface area contributed by atoms with Crippen molar-refractivity contribution in [2.75, 3.05) is 26.4 Å². The molecule has 0 radical (unpaired) electrons. The number of carbonyl (C=O) groups is 3. The van der Waals surface area contributed by atoms with Crippen LogP contribution in [0.25, 0.3) is 0 Å². The second kappa shape index (κ2) is 58.8. The molecule has 12 heteroatoms. The molecule has 3 unspecified atom stereocenters. The van der Waals surface area contributed by atoms with Crippen LogP contribution in [0.5, 0.6) is 0 Å². The fraction of sp³-hybridized carbons (Fsp3) is 0.621. The van der Waals surface area contributed by atoms with Gasteiger partial charge in [-0.15, -0.1) is 0 Å². The van der Waals surface area contributed by atoms with Gasteiger partial charge in [-0.3, -0.25) is 23.4 Å². The topological polar surface area (TPSA) is 155 Å². The maximum atomic E-state index is 12.9. The van der Waals surface area contributed by atoms with Gasteiger partial charge < -0.3 is 24.2 Å². The van der Waals surface area contributed by atoms with E-state index in [4.69, 9.17) is 23.3 Å². The van der Waals surface area contributed by atoms with Gasteiger partial charge in [0.25, 0.3) is 0 Å². The van der Waals surface area contributed by atoms with Gasteiger partial charge in [0.05, 0.1) is 19.8 Å². The average Bonchev–Trinajstić information content (AvgIpc) is 3.43. The van der Waals surface area contributed by atoms with Gasteiger partial charge in [-0.25, -0.2) is 4.57 Å². The van der Waals surface area contributed by atoms with Gasteiger partial charge in [-0.2, -0.15) is 0 Å². The first-order valence-electron chi connectivity index (χ1n) is 30.1. The van der Waals surface area contributed by atoms with Crippen molar-refractivity contribution in [1.82, 2.24) is 0 Å². The van der Waals surface area contributed by atoms with E-state index in [1.807, 2.05) is 0 Å². The maximum Gasteiger partial charge on any atom is 0.472 e. The largest absolute Gasteiger partial charge is 0.472 e. The first-order chi connectivity index (χ1) is 38.2. The second-order valence-corrected chi connectivity index (χ2v) is 20.8. The molecule has 3 atom stereocenters. The van der Waals surface area contributed by atoms with E-state index in [0.717, 1.165) is 167 Å². The Balaban J connectivity index is 4.80. The lowest BCUT2D eigenvalue weighted by Crippen LogP contribution is -2.30. The molecule has 0 heterocycles. The second-order valence-electron chi connectivity index (χ2n) is 19.4. The number of allylic oxidation sites excluding steroid dienone is 22. The number of unbranched alkanes of at least 4 members (excludes halogenated alkanes) is 15. The molecule has 0 bridgehead atoms. The Morgan fingerprint density at radius 1 is 0.359 bits per heavy atom. The number of phosphoric ester groups is 1. The molecule has 0 aromatic carbocycles. The third-order valence-electron chi connectivity index (χ3n) is 12.1. The average molecular weight is 1110 g/mol. The van der Waals surface area contributed by atoms with E-state index in [-0.39, 0.29) is 25.9 Å². The van der Waals surface area contributed by atoms with Crippen LogP contribution in [-0.4, -0.2) is 66.5 Å². The monoisotopic (exact) mass is 1110 g/mol. The van der Waals surface area contributed by atoms with Gasteiger partial charge in [-0.05, 0) is 128 Å². The van der Waals surface area contributed by atoms with Gasteiger partial charge in [0.1, 0.15) is 12.7 Å². The SMILES string of the molecule is CC/C=C\C/C=C\C/C=C\C/C=C\CCCCCCCCC(=O)OC(COC(=O)CCCCCCC/C=C\C/C=C\C/C=C\CC)COP(=O)(O)OCC(CO)OC(=O)CCCCCC/C=C\C/C=C\C/C=C\C/C=C\CC. The quantitative estimate of drug-likeness (QED) is 0.0197. The van der Waals surface area contributed by atoms with E-state index < -0.39 is 57.8 Å². The third kappa shape index (κ3) is 56.3. The van der Waals surface area contributed by atoms with Crippen molar-refractivity contribution >= 4 is 25.7 Å². The third-order valence-corrected chi connectivity index (χ3v) is 13.0. The lowest BCUT2D eigenvalue weighted by Gasteiger charge is -2.21. The minimum absolute atomic E-state index is 0.138. The summed E-state index contributed by atoms with van der Waals surface area (Å²) >= 11 is 0. The summed E-state index contributed by atoms with van der Waals surface area (Å²) < 4.78 is 39.6. The van der Waals surface area contributed by atoms with Crippen molar-refractivity contribution in [2.24, 2.45) is 0 Å². The molecule has 0 amide bonds. The van der Waals surface area contributed by atoms with Crippen LogP contribution in [0.3, 0.4) is 0 Å². The minimum atomic E-state index is -4.78. The molecule has 2 N–H and O–H groups in total. The number of hydrogen-bond acceptors (Lipinski definition) is 10. The Bertz CT molecular complexity index is 1820. The van der Waals surface area contributed by atoms with E-state index in [2.05, 4.69) is 154 Å². The molecule has 0 saturated heterocycles. The highest BCUT2D eigenvalue weighted by Gasteiger charge is 2.28. The summed E-state index contributed by atoms with van der Waals surface area (Å²) in [5.41, 5.74) is 0. The number of rotatable bonds is 54. The Labute approximate surface area is 474 Å². The van der Waals surface area contributed by atoms with E-state index in [9.17, 15) is 28.9 Å². The van der Waals surface area contributed by atoms with Gasteiger partial charge in [0, 0.05) is 19.3 Å². The number of hydrogen-bond donors (Lipinski definition) is 2. The molecule has 0 aromatic heterocycles. The van der Waals surface area contributed by atoms with Crippen molar-refractivity contribution in [3.63, 3.8) is 0 Å². The van der Waals surface area contributed by atoms with Crippen molar-refractivity contribution in [2.45, 2.75) is 238 Å². The maximum absolute atomic E-state index is 12.9. The Morgan fingerprint density at radius 3 is 0.962 bits per heavy atom. The fourth-order valence-corrected chi connectivity index (χ4v) is 8.37. The number of phosphoric acid groups is 1. The van der Waals surface area contributed by atoms with E-state index >= 15 is 0 Å². The first-order valence-corrected chi connectivity index (χ1v) is 31.6. The molecule has 0 aromatic rings. The number of ether oxygens (including phenoxy) is 3. The lowest BCUT2D eigenvalue weighted by atomic mass is 10.1. The Hall–Kier alpha value is -4.38. The van der Waals surface area contributed by atoms with Crippen molar-refractivity contribution in [3.8, 4) is 0 Å². The van der Waals surface area contributed by atoms with Crippen LogP contribution in [0, 0.1) is 0 Å². The zero-order chi connectivity index (χ0) is 56.9. The van der Waals surface area contributed by atoms with Gasteiger partial charge in [0.2, 0.25) is 0 Å². The highest BCUT2D eigenvalue weighted by Crippen LogP contribution is 2.43. The molecule has 78 heavy (non-hydrogen) atoms. The fourth-order valence-electron chi connectivity index (χ4n) is 7.59.